The Hall–Kier alpha value is -3.28. The first-order valence-corrected chi connectivity index (χ1v) is 15.6. The average Bonchev–Trinajstić information content (AvgIpc) is 3.62. The molecule has 0 nitrogen and oxygen atoms in total. The van der Waals surface area contributed by atoms with Gasteiger partial charge in [-0.1, -0.05) is 0 Å². The van der Waals surface area contributed by atoms with Gasteiger partial charge in [0.05, 0.1) is 0 Å². The third-order valence-electron chi connectivity index (χ3n) is 7.39. The summed E-state index contributed by atoms with van der Waals surface area (Å²) in [7, 11) is 0. The monoisotopic (exact) mass is 553 g/mol. The smallest absolute Gasteiger partial charge is 1.00 e. The molecule has 0 atom stereocenters. The van der Waals surface area contributed by atoms with Crippen molar-refractivity contribution in [2.45, 2.75) is 24.7 Å². The summed E-state index contributed by atoms with van der Waals surface area (Å²) in [5, 5.41) is 0. The van der Waals surface area contributed by atoms with E-state index in [0.717, 1.165) is 12.8 Å². The molecule has 0 aliphatic heterocycles. The van der Waals surface area contributed by atoms with Crippen molar-refractivity contribution in [3.05, 3.63) is 186 Å². The normalized spacial score (nSPS) is 14.9. The van der Waals surface area contributed by atoms with E-state index < -0.39 is 23.2 Å². The Labute approximate surface area is 233 Å². The molecule has 0 fully saturated rings. The molecule has 1 heteroatoms. The minimum Gasteiger partial charge on any atom is -1.00 e. The molecule has 0 saturated heterocycles. The van der Waals surface area contributed by atoms with Gasteiger partial charge in [-0.15, -0.1) is 0 Å². The fourth-order valence-electron chi connectivity index (χ4n) is 5.70. The van der Waals surface area contributed by atoms with Crippen molar-refractivity contribution >= 4 is 0 Å². The SMILES string of the molecule is C1=CC(C(c2ccccc2)c2ccccc2)=[C]([Zr][C]2=C(C(c3ccccc3)c3ccccc3)C=CC2)C1.[H-]. The van der Waals surface area contributed by atoms with Crippen molar-refractivity contribution in [2.24, 2.45) is 0 Å². The maximum absolute atomic E-state index is 2.43. The van der Waals surface area contributed by atoms with Gasteiger partial charge in [-0.3, -0.25) is 0 Å². The molecule has 0 aromatic heterocycles. The second-order valence-electron chi connectivity index (χ2n) is 9.71. The molecule has 0 saturated carbocycles. The minimum atomic E-state index is -0.966. The van der Waals surface area contributed by atoms with E-state index in [9.17, 15) is 0 Å². The van der Waals surface area contributed by atoms with Gasteiger partial charge in [-0.25, -0.2) is 0 Å². The largest absolute Gasteiger partial charge is 1.00 e. The molecular weight excluding hydrogens is 524 g/mol. The third kappa shape index (κ3) is 5.25. The molecule has 2 aliphatic rings. The van der Waals surface area contributed by atoms with E-state index in [-0.39, 0.29) is 1.43 Å². The molecule has 0 bridgehead atoms. The number of allylic oxidation sites excluding steroid dienone is 8. The van der Waals surface area contributed by atoms with Gasteiger partial charge in [-0.05, 0) is 0 Å². The summed E-state index contributed by atoms with van der Waals surface area (Å²) in [6.07, 6.45) is 11.9. The van der Waals surface area contributed by atoms with E-state index >= 15 is 0 Å². The molecule has 4 aromatic rings. The first-order valence-electron chi connectivity index (χ1n) is 13.1. The summed E-state index contributed by atoms with van der Waals surface area (Å²) < 4.78 is 3.44. The molecule has 2 aliphatic carbocycles. The predicted molar refractivity (Wildman–Crippen MR) is 152 cm³/mol. The molecule has 0 radical (unpaired) electrons. The van der Waals surface area contributed by atoms with Crippen LogP contribution in [-0.2, 0) is 23.2 Å². The van der Waals surface area contributed by atoms with Crippen LogP contribution < -0.4 is 0 Å². The van der Waals surface area contributed by atoms with Crippen LogP contribution in [0.15, 0.2) is 163 Å². The second kappa shape index (κ2) is 11.4. The molecule has 0 heterocycles. The van der Waals surface area contributed by atoms with Crippen LogP contribution in [0.4, 0.5) is 0 Å². The molecule has 4 aromatic carbocycles. The Morgan fingerprint density at radius 1 is 0.432 bits per heavy atom. The molecule has 180 valence electrons. The molecule has 37 heavy (non-hydrogen) atoms. The summed E-state index contributed by atoms with van der Waals surface area (Å²) in [4.78, 5) is 0. The van der Waals surface area contributed by atoms with Crippen LogP contribution in [-0.4, -0.2) is 0 Å². The zero-order valence-electron chi connectivity index (χ0n) is 21.9. The van der Waals surface area contributed by atoms with Crippen LogP contribution in [0, 0.1) is 0 Å². The van der Waals surface area contributed by atoms with Crippen LogP contribution in [0.3, 0.4) is 0 Å². The molecule has 0 unspecified atom stereocenters. The van der Waals surface area contributed by atoms with E-state index in [4.69, 9.17) is 0 Å². The molecule has 0 spiro atoms. The first kappa shape index (κ1) is 24.1. The quantitative estimate of drug-likeness (QED) is 0.204. The molecule has 6 rings (SSSR count). The predicted octanol–water partition coefficient (Wildman–Crippen LogP) is 9.27. The summed E-state index contributed by atoms with van der Waals surface area (Å²) in [5.41, 5.74) is 8.63. The van der Waals surface area contributed by atoms with E-state index in [1.165, 1.54) is 22.3 Å². The number of rotatable bonds is 8. The van der Waals surface area contributed by atoms with E-state index in [1.807, 2.05) is 0 Å². The average molecular weight is 555 g/mol. The van der Waals surface area contributed by atoms with Gasteiger partial charge in [-0.2, -0.15) is 0 Å². The van der Waals surface area contributed by atoms with Crippen LogP contribution in [0.25, 0.3) is 0 Å². The minimum absolute atomic E-state index is 0. The van der Waals surface area contributed by atoms with E-state index in [2.05, 4.69) is 146 Å². The summed E-state index contributed by atoms with van der Waals surface area (Å²) >= 11 is -0.966. The van der Waals surface area contributed by atoms with Gasteiger partial charge in [0.1, 0.15) is 0 Å². The van der Waals surface area contributed by atoms with Gasteiger partial charge in [0.2, 0.25) is 0 Å². The number of hydrogen-bond donors (Lipinski definition) is 0. The van der Waals surface area contributed by atoms with E-state index in [0.29, 0.717) is 11.8 Å². The fraction of sp³-hybridized carbons (Fsp3) is 0.111. The van der Waals surface area contributed by atoms with Gasteiger partial charge < -0.3 is 1.43 Å². The Balaban J connectivity index is 0.00000294. The Morgan fingerprint density at radius 3 is 1.03 bits per heavy atom. The number of benzene rings is 4. The van der Waals surface area contributed by atoms with Gasteiger partial charge in [0.15, 0.2) is 0 Å². The van der Waals surface area contributed by atoms with Crippen LogP contribution in [0.1, 0.15) is 48.4 Å². The van der Waals surface area contributed by atoms with Gasteiger partial charge in [0, 0.05) is 0 Å². The standard InChI is InChI=1S/2C18H15.Zr.H/c2*1-3-9-15(10-4-1)18(17-13-7-8-14-17)16-11-5-2-6-12-16;;/h2*1-7,9-13,18H,8H2;;/q;;;-1. The van der Waals surface area contributed by atoms with Crippen molar-refractivity contribution in [3.8, 4) is 0 Å². The van der Waals surface area contributed by atoms with Crippen LogP contribution in [0.5, 0.6) is 0 Å². The third-order valence-corrected chi connectivity index (χ3v) is 11.3. The summed E-state index contributed by atoms with van der Waals surface area (Å²) in [6.45, 7) is 0. The Kier molecular flexibility index (Phi) is 7.43. The van der Waals surface area contributed by atoms with Gasteiger partial charge in [0.25, 0.3) is 0 Å². The second-order valence-corrected chi connectivity index (χ2v) is 13.3. The zero-order chi connectivity index (χ0) is 24.9. The van der Waals surface area contributed by atoms with Crippen molar-refractivity contribution < 1.29 is 24.7 Å². The summed E-state index contributed by atoms with van der Waals surface area (Å²) in [6, 6.07) is 44.2. The molecular formula is C36H31Zr-. The van der Waals surface area contributed by atoms with Crippen molar-refractivity contribution in [1.82, 2.24) is 0 Å². The van der Waals surface area contributed by atoms with Crippen LogP contribution >= 0.6 is 0 Å². The molecule has 0 N–H and O–H groups in total. The molecule has 0 amide bonds. The summed E-state index contributed by atoms with van der Waals surface area (Å²) in [5.74, 6) is 0.601. The van der Waals surface area contributed by atoms with E-state index in [1.54, 1.807) is 17.7 Å². The topological polar surface area (TPSA) is 0 Å². The van der Waals surface area contributed by atoms with Gasteiger partial charge >= 0.3 is 234 Å². The fourth-order valence-corrected chi connectivity index (χ4v) is 9.50. The Morgan fingerprint density at radius 2 is 0.730 bits per heavy atom. The first-order chi connectivity index (χ1) is 18.4. The number of hydrogen-bond acceptors (Lipinski definition) is 0. The zero-order valence-corrected chi connectivity index (χ0v) is 23.4. The van der Waals surface area contributed by atoms with Crippen molar-refractivity contribution in [2.75, 3.05) is 0 Å². The Bertz CT molecular complexity index is 1270. The van der Waals surface area contributed by atoms with Crippen molar-refractivity contribution in [3.63, 3.8) is 0 Å². The maximum Gasteiger partial charge on any atom is -1.00 e. The van der Waals surface area contributed by atoms with Crippen LogP contribution in [0.2, 0.25) is 0 Å². The van der Waals surface area contributed by atoms with Crippen molar-refractivity contribution in [1.29, 1.82) is 0 Å². The maximum atomic E-state index is 2.43.